The summed E-state index contributed by atoms with van der Waals surface area (Å²) in [4.78, 5) is 42.8. The van der Waals surface area contributed by atoms with Crippen LogP contribution >= 0.6 is 15.6 Å². The SMILES string of the molecule is O=c1ccn([C@@H]2O[C@H](COP(=O)(OC3OCCO3)OP(=O)(O)O)[C@@H](O)[C@H]2O)c(=O)[nH]1. The van der Waals surface area contributed by atoms with Gasteiger partial charge in [0.2, 0.25) is 0 Å². The fourth-order valence-electron chi connectivity index (χ4n) is 2.60. The van der Waals surface area contributed by atoms with E-state index in [0.717, 1.165) is 16.8 Å². The Hall–Kier alpha value is -1.26. The number of hydrogen-bond donors (Lipinski definition) is 5. The summed E-state index contributed by atoms with van der Waals surface area (Å²) in [5.41, 5.74) is -1.64. The van der Waals surface area contributed by atoms with E-state index >= 15 is 0 Å². The highest BCUT2D eigenvalue weighted by atomic mass is 31.3. The van der Waals surface area contributed by atoms with Crippen molar-refractivity contribution in [2.45, 2.75) is 31.0 Å². The van der Waals surface area contributed by atoms with Gasteiger partial charge in [-0.15, -0.1) is 0 Å². The molecule has 1 aromatic heterocycles. The van der Waals surface area contributed by atoms with E-state index < -0.39 is 64.5 Å². The number of nitrogens with one attached hydrogen (secondary N) is 1. The molecule has 0 radical (unpaired) electrons. The van der Waals surface area contributed by atoms with Gasteiger partial charge in [0.1, 0.15) is 18.3 Å². The molecule has 5 atom stereocenters. The molecule has 2 aliphatic rings. The standard InChI is InChI=1S/C12H18N2O14P2/c15-7-1-2-14(11(18)13-7)10-9(17)8(16)6(26-10)5-25-30(22,28-29(19,20)21)27-12-23-3-4-24-12/h1-2,6,8-10,12,16-17H,3-5H2,(H,13,15,18)(H2,19,20,21)/t6-,8-,9-,10-,30?/m1/s1. The number of nitrogens with zero attached hydrogens (tertiary/aromatic N) is 1. The first kappa shape index (κ1) is 23.4. The van der Waals surface area contributed by atoms with Gasteiger partial charge in [-0.05, 0) is 0 Å². The van der Waals surface area contributed by atoms with Gasteiger partial charge in [-0.2, -0.15) is 4.31 Å². The Morgan fingerprint density at radius 2 is 1.83 bits per heavy atom. The summed E-state index contributed by atoms with van der Waals surface area (Å²) in [5, 5.41) is 20.3. The molecule has 30 heavy (non-hydrogen) atoms. The lowest BCUT2D eigenvalue weighted by molar-refractivity contribution is -0.187. The maximum absolute atomic E-state index is 12.6. The van der Waals surface area contributed by atoms with Gasteiger partial charge in [0.05, 0.1) is 19.8 Å². The highest BCUT2D eigenvalue weighted by Gasteiger charge is 2.47. The second-order valence-corrected chi connectivity index (χ2v) is 9.01. The maximum atomic E-state index is 12.6. The second-order valence-electron chi connectivity index (χ2n) is 6.01. The number of hydrogen-bond acceptors (Lipinski definition) is 12. The van der Waals surface area contributed by atoms with Crippen LogP contribution in [0.4, 0.5) is 0 Å². The number of phosphoric acid groups is 2. The molecule has 0 amide bonds. The number of phosphoric ester groups is 1. The molecule has 0 spiro atoms. The summed E-state index contributed by atoms with van der Waals surface area (Å²) in [6, 6.07) is 0.977. The van der Waals surface area contributed by atoms with E-state index in [2.05, 4.69) is 4.31 Å². The largest absolute Gasteiger partial charge is 0.487 e. The topological polar surface area (TPSA) is 225 Å². The molecular formula is C12H18N2O14P2. The van der Waals surface area contributed by atoms with Crippen LogP contribution in [0, 0.1) is 0 Å². The number of aromatic nitrogens is 2. The fraction of sp³-hybridized carbons (Fsp3) is 0.667. The van der Waals surface area contributed by atoms with Crippen LogP contribution in [0.25, 0.3) is 0 Å². The lowest BCUT2D eigenvalue weighted by atomic mass is 10.1. The van der Waals surface area contributed by atoms with Crippen molar-refractivity contribution >= 4 is 15.6 Å². The van der Waals surface area contributed by atoms with Crippen LogP contribution in [-0.4, -0.2) is 74.2 Å². The number of aliphatic hydroxyl groups is 2. The summed E-state index contributed by atoms with van der Waals surface area (Å²) in [5.74, 6) is 0. The van der Waals surface area contributed by atoms with Gasteiger partial charge in [0.25, 0.3) is 12.0 Å². The monoisotopic (exact) mass is 476 g/mol. The van der Waals surface area contributed by atoms with Crippen molar-refractivity contribution < 1.29 is 56.7 Å². The smallest absolute Gasteiger partial charge is 0.387 e. The molecular weight excluding hydrogens is 458 g/mol. The van der Waals surface area contributed by atoms with Crippen LogP contribution < -0.4 is 11.2 Å². The molecule has 3 rings (SSSR count). The van der Waals surface area contributed by atoms with Crippen LogP contribution in [-0.2, 0) is 36.7 Å². The van der Waals surface area contributed by atoms with Crippen LogP contribution in [0.3, 0.4) is 0 Å². The third-order valence-electron chi connectivity index (χ3n) is 3.87. The minimum absolute atomic E-state index is 0.0484. The van der Waals surface area contributed by atoms with E-state index in [4.69, 9.17) is 33.0 Å². The van der Waals surface area contributed by atoms with Gasteiger partial charge in [-0.1, -0.05) is 0 Å². The van der Waals surface area contributed by atoms with E-state index in [1.54, 1.807) is 0 Å². The molecule has 0 bridgehead atoms. The summed E-state index contributed by atoms with van der Waals surface area (Å²) < 4.78 is 53.1. The summed E-state index contributed by atoms with van der Waals surface area (Å²) in [6.07, 6.45) is -5.23. The lowest BCUT2D eigenvalue weighted by Crippen LogP contribution is -2.37. The molecule has 0 aliphatic carbocycles. The number of rotatable bonds is 8. The van der Waals surface area contributed by atoms with Crippen molar-refractivity contribution in [2.24, 2.45) is 0 Å². The van der Waals surface area contributed by atoms with Crippen molar-refractivity contribution in [3.63, 3.8) is 0 Å². The Bertz CT molecular complexity index is 951. The number of ether oxygens (including phenoxy) is 3. The Balaban J connectivity index is 1.71. The van der Waals surface area contributed by atoms with Crippen molar-refractivity contribution in [1.82, 2.24) is 9.55 Å². The zero-order valence-corrected chi connectivity index (χ0v) is 16.7. The quantitative estimate of drug-likeness (QED) is 0.250. The first-order valence-electron chi connectivity index (χ1n) is 8.23. The molecule has 3 heterocycles. The van der Waals surface area contributed by atoms with E-state index in [9.17, 15) is 28.9 Å². The van der Waals surface area contributed by atoms with E-state index in [-0.39, 0.29) is 13.2 Å². The zero-order chi connectivity index (χ0) is 22.1. The average Bonchev–Trinajstić information content (AvgIpc) is 3.21. The maximum Gasteiger partial charge on any atom is 0.487 e. The summed E-state index contributed by atoms with van der Waals surface area (Å²) >= 11 is 0. The third-order valence-corrected chi connectivity index (χ3v) is 6.42. The van der Waals surface area contributed by atoms with E-state index in [1.165, 1.54) is 0 Å². The highest BCUT2D eigenvalue weighted by molar-refractivity contribution is 7.61. The Morgan fingerprint density at radius 3 is 2.43 bits per heavy atom. The molecule has 2 saturated heterocycles. The fourth-order valence-corrected chi connectivity index (χ4v) is 4.70. The van der Waals surface area contributed by atoms with Crippen LogP contribution in [0.1, 0.15) is 6.23 Å². The first-order chi connectivity index (χ1) is 14.0. The van der Waals surface area contributed by atoms with E-state index in [0.29, 0.717) is 0 Å². The van der Waals surface area contributed by atoms with Gasteiger partial charge >= 0.3 is 21.3 Å². The van der Waals surface area contributed by atoms with Gasteiger partial charge < -0.3 is 34.2 Å². The van der Waals surface area contributed by atoms with Crippen LogP contribution in [0.2, 0.25) is 0 Å². The molecule has 1 aromatic rings. The third kappa shape index (κ3) is 5.70. The van der Waals surface area contributed by atoms with Gasteiger partial charge in [0.15, 0.2) is 6.23 Å². The predicted molar refractivity (Wildman–Crippen MR) is 90.7 cm³/mol. The molecule has 2 fully saturated rings. The zero-order valence-electron chi connectivity index (χ0n) is 14.9. The minimum atomic E-state index is -5.36. The van der Waals surface area contributed by atoms with Gasteiger partial charge in [-0.3, -0.25) is 18.9 Å². The molecule has 1 unspecified atom stereocenters. The predicted octanol–water partition coefficient (Wildman–Crippen LogP) is -2.26. The average molecular weight is 476 g/mol. The van der Waals surface area contributed by atoms with Crippen molar-refractivity contribution in [3.8, 4) is 0 Å². The molecule has 18 heteroatoms. The lowest BCUT2D eigenvalue weighted by Gasteiger charge is -2.22. The van der Waals surface area contributed by atoms with Gasteiger partial charge in [-0.25, -0.2) is 18.4 Å². The Kier molecular flexibility index (Phi) is 7.08. The highest BCUT2D eigenvalue weighted by Crippen LogP contribution is 2.62. The Labute approximate surface area is 166 Å². The number of aliphatic hydroxyl groups excluding tert-OH is 2. The first-order valence-corrected chi connectivity index (χ1v) is 11.2. The normalized spacial score (nSPS) is 29.9. The number of aromatic amines is 1. The number of H-pyrrole nitrogens is 1. The van der Waals surface area contributed by atoms with Crippen LogP contribution in [0.15, 0.2) is 21.9 Å². The molecule has 0 aromatic carbocycles. The van der Waals surface area contributed by atoms with Crippen LogP contribution in [0.5, 0.6) is 0 Å². The van der Waals surface area contributed by atoms with Crippen molar-refractivity contribution in [1.29, 1.82) is 0 Å². The van der Waals surface area contributed by atoms with E-state index in [1.807, 2.05) is 4.98 Å². The van der Waals surface area contributed by atoms with Crippen molar-refractivity contribution in [2.75, 3.05) is 19.8 Å². The molecule has 16 nitrogen and oxygen atoms in total. The van der Waals surface area contributed by atoms with Crippen molar-refractivity contribution in [3.05, 3.63) is 33.1 Å². The molecule has 5 N–H and O–H groups in total. The van der Waals surface area contributed by atoms with Gasteiger partial charge in [0, 0.05) is 12.3 Å². The molecule has 170 valence electrons. The summed E-state index contributed by atoms with van der Waals surface area (Å²) in [6.45, 7) is -2.34. The minimum Gasteiger partial charge on any atom is -0.387 e. The summed E-state index contributed by atoms with van der Waals surface area (Å²) in [7, 11) is -10.4. The Morgan fingerprint density at radius 1 is 1.17 bits per heavy atom. The second kappa shape index (κ2) is 9.08. The molecule has 0 saturated carbocycles. The molecule has 2 aliphatic heterocycles.